The molecule has 0 saturated carbocycles. The fourth-order valence-electron chi connectivity index (χ4n) is 1.45. The molecule has 1 saturated heterocycles. The molecule has 0 bridgehead atoms. The molecule has 2 nitrogen and oxygen atoms in total. The van der Waals surface area contributed by atoms with Gasteiger partial charge in [-0.3, -0.25) is 0 Å². The van der Waals surface area contributed by atoms with Crippen molar-refractivity contribution in [2.75, 3.05) is 0 Å². The van der Waals surface area contributed by atoms with E-state index in [1.807, 2.05) is 37.3 Å². The van der Waals surface area contributed by atoms with E-state index in [0.717, 1.165) is 12.7 Å². The van der Waals surface area contributed by atoms with Crippen LogP contribution in [0.2, 0.25) is 0 Å². The average Bonchev–Trinajstić information content (AvgIpc) is 2.80. The molecule has 0 spiro atoms. The number of hydrogen-bond donors (Lipinski definition) is 0. The fourth-order valence-corrected chi connectivity index (χ4v) is 1.45. The van der Waals surface area contributed by atoms with Crippen molar-refractivity contribution in [2.45, 2.75) is 25.0 Å². The van der Waals surface area contributed by atoms with Gasteiger partial charge in [-0.05, 0) is 12.5 Å². The molecule has 1 aliphatic heterocycles. The lowest BCUT2D eigenvalue weighted by Crippen LogP contribution is -2.12. The number of rotatable bonds is 3. The van der Waals surface area contributed by atoms with Crippen LogP contribution in [0.1, 0.15) is 12.5 Å². The van der Waals surface area contributed by atoms with Crippen LogP contribution in [0.3, 0.4) is 0 Å². The third-order valence-corrected chi connectivity index (χ3v) is 2.48. The van der Waals surface area contributed by atoms with Gasteiger partial charge in [-0.15, -0.1) is 0 Å². The molecule has 2 atom stereocenters. The smallest absolute Gasteiger partial charge is 0.154 e. The second-order valence-electron chi connectivity index (χ2n) is 3.60. The largest absolute Gasteiger partial charge is 0.358 e. The number of hydrogen-bond acceptors (Lipinski definition) is 2. The standard InChI is InChI=1S/C11H12O2/c1-11(8-12)10(13-11)7-9-5-3-2-4-6-9/h2-6,8,10H,7H2,1H3. The average molecular weight is 176 g/mol. The highest BCUT2D eigenvalue weighted by Crippen LogP contribution is 2.36. The summed E-state index contributed by atoms with van der Waals surface area (Å²) < 4.78 is 5.29. The lowest BCUT2D eigenvalue weighted by Gasteiger charge is -1.97. The second-order valence-corrected chi connectivity index (χ2v) is 3.60. The molecular weight excluding hydrogens is 164 g/mol. The van der Waals surface area contributed by atoms with E-state index < -0.39 is 5.60 Å². The zero-order chi connectivity index (χ0) is 9.31. The van der Waals surface area contributed by atoms with Crippen molar-refractivity contribution in [1.29, 1.82) is 0 Å². The zero-order valence-electron chi connectivity index (χ0n) is 7.57. The molecule has 1 aromatic rings. The highest BCUT2D eigenvalue weighted by Gasteiger charge is 2.51. The maximum absolute atomic E-state index is 10.6. The molecule has 1 heterocycles. The summed E-state index contributed by atoms with van der Waals surface area (Å²) in [5, 5.41) is 0. The van der Waals surface area contributed by atoms with E-state index in [1.54, 1.807) is 0 Å². The summed E-state index contributed by atoms with van der Waals surface area (Å²) in [4.78, 5) is 10.6. The van der Waals surface area contributed by atoms with E-state index in [4.69, 9.17) is 4.74 Å². The van der Waals surface area contributed by atoms with Crippen LogP contribution >= 0.6 is 0 Å². The predicted molar refractivity (Wildman–Crippen MR) is 49.5 cm³/mol. The van der Waals surface area contributed by atoms with Crippen molar-refractivity contribution in [3.63, 3.8) is 0 Å². The molecule has 1 aromatic carbocycles. The van der Waals surface area contributed by atoms with Gasteiger partial charge in [0.05, 0.1) is 6.10 Å². The van der Waals surface area contributed by atoms with Gasteiger partial charge < -0.3 is 9.53 Å². The quantitative estimate of drug-likeness (QED) is 0.517. The molecule has 1 aliphatic rings. The fraction of sp³-hybridized carbons (Fsp3) is 0.364. The van der Waals surface area contributed by atoms with E-state index in [0.29, 0.717) is 0 Å². The molecule has 1 fully saturated rings. The molecule has 0 aromatic heterocycles. The Bertz CT molecular complexity index is 307. The van der Waals surface area contributed by atoms with Crippen molar-refractivity contribution >= 4 is 6.29 Å². The zero-order valence-corrected chi connectivity index (χ0v) is 7.57. The number of carbonyl (C=O) groups is 1. The number of epoxide rings is 1. The van der Waals surface area contributed by atoms with E-state index in [9.17, 15) is 4.79 Å². The van der Waals surface area contributed by atoms with E-state index in [2.05, 4.69) is 0 Å². The Balaban J connectivity index is 1.99. The van der Waals surface area contributed by atoms with Crippen molar-refractivity contribution < 1.29 is 9.53 Å². The Morgan fingerprint density at radius 1 is 1.46 bits per heavy atom. The van der Waals surface area contributed by atoms with Crippen LogP contribution in [-0.4, -0.2) is 18.0 Å². The third kappa shape index (κ3) is 1.63. The second kappa shape index (κ2) is 2.96. The SMILES string of the molecule is CC1(C=O)OC1Cc1ccccc1. The molecule has 2 heteroatoms. The van der Waals surface area contributed by atoms with Crippen LogP contribution in [0.25, 0.3) is 0 Å². The number of ether oxygens (including phenoxy) is 1. The van der Waals surface area contributed by atoms with Gasteiger partial charge in [-0.2, -0.15) is 0 Å². The monoisotopic (exact) mass is 176 g/mol. The first-order valence-electron chi connectivity index (χ1n) is 4.43. The van der Waals surface area contributed by atoms with Crippen molar-refractivity contribution in [1.82, 2.24) is 0 Å². The lowest BCUT2D eigenvalue weighted by molar-refractivity contribution is -0.111. The topological polar surface area (TPSA) is 29.6 Å². The Kier molecular flexibility index (Phi) is 1.93. The van der Waals surface area contributed by atoms with Crippen LogP contribution in [-0.2, 0) is 16.0 Å². The normalized spacial score (nSPS) is 31.3. The van der Waals surface area contributed by atoms with Crippen LogP contribution in [0, 0.1) is 0 Å². The number of carbonyl (C=O) groups excluding carboxylic acids is 1. The van der Waals surface area contributed by atoms with Gasteiger partial charge in [0, 0.05) is 6.42 Å². The van der Waals surface area contributed by atoms with Crippen molar-refractivity contribution in [3.8, 4) is 0 Å². The Hall–Kier alpha value is -1.15. The minimum atomic E-state index is -0.518. The number of benzene rings is 1. The van der Waals surface area contributed by atoms with Crippen LogP contribution < -0.4 is 0 Å². The van der Waals surface area contributed by atoms with Crippen LogP contribution in [0.5, 0.6) is 0 Å². The first kappa shape index (κ1) is 8.45. The molecule has 2 rings (SSSR count). The maximum Gasteiger partial charge on any atom is 0.154 e. The van der Waals surface area contributed by atoms with Crippen LogP contribution in [0.4, 0.5) is 0 Å². The van der Waals surface area contributed by atoms with Gasteiger partial charge in [-0.25, -0.2) is 0 Å². The Morgan fingerprint density at radius 2 is 2.15 bits per heavy atom. The van der Waals surface area contributed by atoms with Crippen LogP contribution in [0.15, 0.2) is 30.3 Å². The summed E-state index contributed by atoms with van der Waals surface area (Å²) in [7, 11) is 0. The first-order valence-corrected chi connectivity index (χ1v) is 4.43. The van der Waals surface area contributed by atoms with Gasteiger partial charge in [0.1, 0.15) is 5.60 Å². The highest BCUT2D eigenvalue weighted by atomic mass is 16.6. The summed E-state index contributed by atoms with van der Waals surface area (Å²) >= 11 is 0. The van der Waals surface area contributed by atoms with Crippen molar-refractivity contribution in [2.24, 2.45) is 0 Å². The van der Waals surface area contributed by atoms with E-state index >= 15 is 0 Å². The summed E-state index contributed by atoms with van der Waals surface area (Å²) in [6.45, 7) is 1.83. The summed E-state index contributed by atoms with van der Waals surface area (Å²) in [5.74, 6) is 0. The molecule has 0 aliphatic carbocycles. The third-order valence-electron chi connectivity index (χ3n) is 2.48. The molecule has 68 valence electrons. The molecule has 0 N–H and O–H groups in total. The van der Waals surface area contributed by atoms with Crippen molar-refractivity contribution in [3.05, 3.63) is 35.9 Å². The first-order chi connectivity index (χ1) is 6.24. The van der Waals surface area contributed by atoms with Gasteiger partial charge in [-0.1, -0.05) is 30.3 Å². The Morgan fingerprint density at radius 3 is 2.69 bits per heavy atom. The summed E-state index contributed by atoms with van der Waals surface area (Å²) in [6, 6.07) is 10.1. The molecule has 13 heavy (non-hydrogen) atoms. The van der Waals surface area contributed by atoms with E-state index in [1.165, 1.54) is 5.56 Å². The van der Waals surface area contributed by atoms with Gasteiger partial charge in [0.15, 0.2) is 6.29 Å². The minimum absolute atomic E-state index is 0.0763. The predicted octanol–water partition coefficient (Wildman–Crippen LogP) is 1.59. The Labute approximate surface area is 77.5 Å². The minimum Gasteiger partial charge on any atom is -0.358 e. The van der Waals surface area contributed by atoms with Gasteiger partial charge in [0.25, 0.3) is 0 Å². The lowest BCUT2D eigenvalue weighted by atomic mass is 10.0. The summed E-state index contributed by atoms with van der Waals surface area (Å²) in [5.41, 5.74) is 0.702. The van der Waals surface area contributed by atoms with E-state index in [-0.39, 0.29) is 6.10 Å². The molecular formula is C11H12O2. The molecule has 0 amide bonds. The van der Waals surface area contributed by atoms with Gasteiger partial charge in [0.2, 0.25) is 0 Å². The molecule has 2 unspecified atom stereocenters. The number of aldehydes is 1. The molecule has 0 radical (unpaired) electrons. The highest BCUT2D eigenvalue weighted by molar-refractivity contribution is 5.67. The summed E-state index contributed by atoms with van der Waals surface area (Å²) in [6.07, 6.45) is 1.80. The maximum atomic E-state index is 10.6. The van der Waals surface area contributed by atoms with Gasteiger partial charge >= 0.3 is 0 Å².